The molecule has 0 saturated heterocycles. The van der Waals surface area contributed by atoms with Gasteiger partial charge in [-0.1, -0.05) is 42.5 Å². The molecule has 0 aliphatic heterocycles. The molecule has 0 heterocycles. The fraction of sp³-hybridized carbons (Fsp3) is 0. The van der Waals surface area contributed by atoms with Crippen LogP contribution in [-0.2, 0) is 9.59 Å². The molecule has 90 valence electrons. The topological polar surface area (TPSA) is 74.6 Å². The van der Waals surface area contributed by atoms with Gasteiger partial charge in [0.15, 0.2) is 0 Å². The summed E-state index contributed by atoms with van der Waals surface area (Å²) in [6, 6.07) is 12.4. The van der Waals surface area contributed by atoms with Crippen molar-refractivity contribution < 1.29 is 19.8 Å². The van der Waals surface area contributed by atoms with Crippen LogP contribution in [0.4, 0.5) is 0 Å². The van der Waals surface area contributed by atoms with Crippen molar-refractivity contribution in [3.05, 3.63) is 54.1 Å². The molecule has 0 saturated carbocycles. The summed E-state index contributed by atoms with van der Waals surface area (Å²) in [6.45, 7) is 0. The average Bonchev–Trinajstić information content (AvgIpc) is 2.35. The fourth-order valence-corrected chi connectivity index (χ4v) is 1.84. The summed E-state index contributed by atoms with van der Waals surface area (Å²) in [4.78, 5) is 21.8. The molecule has 0 atom stereocenters. The van der Waals surface area contributed by atoms with Gasteiger partial charge in [-0.2, -0.15) is 0 Å². The van der Waals surface area contributed by atoms with Crippen molar-refractivity contribution in [2.45, 2.75) is 0 Å². The van der Waals surface area contributed by atoms with Gasteiger partial charge in [-0.25, -0.2) is 9.59 Å². The number of rotatable bonds is 3. The van der Waals surface area contributed by atoms with E-state index in [2.05, 4.69) is 0 Å². The van der Waals surface area contributed by atoms with Gasteiger partial charge >= 0.3 is 11.9 Å². The summed E-state index contributed by atoms with van der Waals surface area (Å²) < 4.78 is 0. The van der Waals surface area contributed by atoms with Gasteiger partial charge in [0.1, 0.15) is 0 Å². The Balaban J connectivity index is 2.73. The molecule has 0 unspecified atom stereocenters. The molecule has 0 amide bonds. The first-order valence-corrected chi connectivity index (χ1v) is 5.25. The minimum Gasteiger partial charge on any atom is -0.478 e. The Bertz CT molecular complexity index is 650. The Morgan fingerprint density at radius 2 is 1.61 bits per heavy atom. The molecule has 2 aromatic carbocycles. The van der Waals surface area contributed by atoms with Crippen LogP contribution in [-0.4, -0.2) is 22.2 Å². The van der Waals surface area contributed by atoms with Crippen molar-refractivity contribution in [2.24, 2.45) is 0 Å². The predicted octanol–water partition coefficient (Wildman–Crippen LogP) is 2.39. The van der Waals surface area contributed by atoms with Crippen LogP contribution >= 0.6 is 0 Å². The zero-order valence-corrected chi connectivity index (χ0v) is 9.33. The first-order valence-electron chi connectivity index (χ1n) is 5.25. The second-order valence-corrected chi connectivity index (χ2v) is 3.73. The minimum absolute atomic E-state index is 0.223. The molecule has 4 nitrogen and oxygen atoms in total. The number of fused-ring (bicyclic) bond motifs is 1. The molecule has 2 rings (SSSR count). The quantitative estimate of drug-likeness (QED) is 0.810. The molecule has 0 bridgehead atoms. The van der Waals surface area contributed by atoms with Gasteiger partial charge in [-0.15, -0.1) is 0 Å². The summed E-state index contributed by atoms with van der Waals surface area (Å²) in [5.74, 6) is -2.53. The van der Waals surface area contributed by atoms with Gasteiger partial charge in [0, 0.05) is 6.08 Å². The van der Waals surface area contributed by atoms with Gasteiger partial charge in [0.2, 0.25) is 0 Å². The van der Waals surface area contributed by atoms with E-state index in [-0.39, 0.29) is 5.57 Å². The second kappa shape index (κ2) is 4.71. The number of carboxylic acids is 2. The Morgan fingerprint density at radius 1 is 0.944 bits per heavy atom. The predicted molar refractivity (Wildman–Crippen MR) is 67.2 cm³/mol. The highest BCUT2D eigenvalue weighted by Crippen LogP contribution is 2.25. The van der Waals surface area contributed by atoms with Gasteiger partial charge in [0.25, 0.3) is 0 Å². The monoisotopic (exact) mass is 242 g/mol. The summed E-state index contributed by atoms with van der Waals surface area (Å²) in [6.07, 6.45) is 0.712. The maximum atomic E-state index is 11.1. The molecule has 4 heteroatoms. The van der Waals surface area contributed by atoms with E-state index in [4.69, 9.17) is 10.2 Å². The van der Waals surface area contributed by atoms with E-state index in [0.29, 0.717) is 11.6 Å². The molecular formula is C14H10O4. The van der Waals surface area contributed by atoms with Crippen molar-refractivity contribution in [1.29, 1.82) is 0 Å². The van der Waals surface area contributed by atoms with Crippen LogP contribution < -0.4 is 0 Å². The van der Waals surface area contributed by atoms with Crippen molar-refractivity contribution >= 4 is 28.3 Å². The van der Waals surface area contributed by atoms with E-state index in [9.17, 15) is 9.59 Å². The Kier molecular flexibility index (Phi) is 3.10. The Labute approximate surface area is 103 Å². The van der Waals surface area contributed by atoms with Crippen LogP contribution in [0.25, 0.3) is 16.3 Å². The van der Waals surface area contributed by atoms with E-state index in [0.717, 1.165) is 10.8 Å². The molecule has 18 heavy (non-hydrogen) atoms. The third kappa shape index (κ3) is 2.22. The van der Waals surface area contributed by atoms with E-state index in [1.807, 2.05) is 18.2 Å². The largest absolute Gasteiger partial charge is 0.478 e. The van der Waals surface area contributed by atoms with E-state index < -0.39 is 11.9 Å². The maximum absolute atomic E-state index is 11.1. The Hall–Kier alpha value is -2.62. The normalized spacial score (nSPS) is 11.4. The Morgan fingerprint density at radius 3 is 2.28 bits per heavy atom. The lowest BCUT2D eigenvalue weighted by Crippen LogP contribution is -2.03. The number of hydrogen-bond acceptors (Lipinski definition) is 2. The number of carboxylic acid groups (broad SMARTS) is 2. The third-order valence-corrected chi connectivity index (χ3v) is 2.58. The first-order chi connectivity index (χ1) is 8.59. The SMILES string of the molecule is O=C(O)C=C(C(=O)O)c1cccc2ccccc12. The van der Waals surface area contributed by atoms with Crippen LogP contribution in [0.1, 0.15) is 5.56 Å². The molecule has 2 N–H and O–H groups in total. The molecule has 0 aliphatic carbocycles. The summed E-state index contributed by atoms with van der Waals surface area (Å²) in [5, 5.41) is 19.4. The summed E-state index contributed by atoms with van der Waals surface area (Å²) >= 11 is 0. The van der Waals surface area contributed by atoms with E-state index in [1.54, 1.807) is 24.3 Å². The highest BCUT2D eigenvalue weighted by Gasteiger charge is 2.14. The van der Waals surface area contributed by atoms with Crippen LogP contribution in [0.2, 0.25) is 0 Å². The summed E-state index contributed by atoms with van der Waals surface area (Å²) in [5.41, 5.74) is 0.183. The molecule has 0 aromatic heterocycles. The fourth-order valence-electron chi connectivity index (χ4n) is 1.84. The molecule has 0 radical (unpaired) electrons. The zero-order chi connectivity index (χ0) is 13.1. The van der Waals surface area contributed by atoms with Gasteiger partial charge < -0.3 is 10.2 Å². The standard InChI is InChI=1S/C14H10O4/c15-13(16)8-12(14(17)18)11-7-3-5-9-4-1-2-6-10(9)11/h1-8H,(H,15,16)(H,17,18). The summed E-state index contributed by atoms with van der Waals surface area (Å²) in [7, 11) is 0. The van der Waals surface area contributed by atoms with Gasteiger partial charge in [-0.05, 0) is 16.3 Å². The number of benzene rings is 2. The molecule has 0 aliphatic rings. The lowest BCUT2D eigenvalue weighted by atomic mass is 9.98. The highest BCUT2D eigenvalue weighted by molar-refractivity contribution is 6.22. The van der Waals surface area contributed by atoms with E-state index >= 15 is 0 Å². The van der Waals surface area contributed by atoms with Crippen molar-refractivity contribution in [2.75, 3.05) is 0 Å². The van der Waals surface area contributed by atoms with Crippen LogP contribution in [0.3, 0.4) is 0 Å². The average molecular weight is 242 g/mol. The zero-order valence-electron chi connectivity index (χ0n) is 9.33. The van der Waals surface area contributed by atoms with Crippen LogP contribution in [0.15, 0.2) is 48.5 Å². The van der Waals surface area contributed by atoms with Crippen molar-refractivity contribution in [3.8, 4) is 0 Å². The minimum atomic E-state index is -1.28. The maximum Gasteiger partial charge on any atom is 0.336 e. The smallest absolute Gasteiger partial charge is 0.336 e. The molecule has 0 spiro atoms. The van der Waals surface area contributed by atoms with E-state index in [1.165, 1.54) is 0 Å². The first kappa shape index (κ1) is 11.9. The van der Waals surface area contributed by atoms with Gasteiger partial charge in [0.05, 0.1) is 5.57 Å². The lowest BCUT2D eigenvalue weighted by molar-refractivity contribution is -0.133. The highest BCUT2D eigenvalue weighted by atomic mass is 16.4. The second-order valence-electron chi connectivity index (χ2n) is 3.73. The molecule has 0 fully saturated rings. The van der Waals surface area contributed by atoms with Gasteiger partial charge in [-0.3, -0.25) is 0 Å². The molecule has 2 aromatic rings. The number of hydrogen-bond donors (Lipinski definition) is 2. The van der Waals surface area contributed by atoms with Crippen LogP contribution in [0, 0.1) is 0 Å². The molecular weight excluding hydrogens is 232 g/mol. The number of aliphatic carboxylic acids is 2. The number of carbonyl (C=O) groups is 2. The van der Waals surface area contributed by atoms with Crippen molar-refractivity contribution in [3.63, 3.8) is 0 Å². The lowest BCUT2D eigenvalue weighted by Gasteiger charge is -2.06. The van der Waals surface area contributed by atoms with Crippen LogP contribution in [0.5, 0.6) is 0 Å². The third-order valence-electron chi connectivity index (χ3n) is 2.58. The van der Waals surface area contributed by atoms with Crippen molar-refractivity contribution in [1.82, 2.24) is 0 Å².